The second-order valence-electron chi connectivity index (χ2n) is 9.46. The molecule has 3 saturated heterocycles. The Bertz CT molecular complexity index is 933. The first-order valence-corrected chi connectivity index (χ1v) is 11.2. The lowest BCUT2D eigenvalue weighted by atomic mass is 9.85. The zero-order valence-corrected chi connectivity index (χ0v) is 19.3. The third-order valence-corrected chi connectivity index (χ3v) is 7.49. The minimum atomic E-state index is -0.174. The first-order chi connectivity index (χ1) is 14.2. The van der Waals surface area contributed by atoms with E-state index in [2.05, 4.69) is 19.9 Å². The fourth-order valence-corrected chi connectivity index (χ4v) is 6.14. The first kappa shape index (κ1) is 22.8. The quantitative estimate of drug-likeness (QED) is 0.731. The number of imidazole rings is 1. The van der Waals surface area contributed by atoms with Crippen molar-refractivity contribution in [1.82, 2.24) is 24.8 Å². The smallest absolute Gasteiger partial charge is 0.255 e. The second kappa shape index (κ2) is 8.85. The number of carbonyl (C=O) groups is 1. The van der Waals surface area contributed by atoms with Crippen molar-refractivity contribution in [3.8, 4) is 0 Å². The summed E-state index contributed by atoms with van der Waals surface area (Å²) in [6.45, 7) is 1.96. The number of aromatic nitrogens is 3. The number of fused-ring (bicyclic) bond motifs is 3. The van der Waals surface area contributed by atoms with Gasteiger partial charge >= 0.3 is 0 Å². The van der Waals surface area contributed by atoms with E-state index < -0.39 is 0 Å². The van der Waals surface area contributed by atoms with Gasteiger partial charge in [-0.05, 0) is 44.6 Å². The number of carbonyl (C=O) groups excluding carboxylic acids is 1. The van der Waals surface area contributed by atoms with Gasteiger partial charge in [0.15, 0.2) is 5.65 Å². The predicted octanol–water partition coefficient (Wildman–Crippen LogP) is 3.52. The van der Waals surface area contributed by atoms with Gasteiger partial charge in [-0.2, -0.15) is 0 Å². The summed E-state index contributed by atoms with van der Waals surface area (Å²) in [6.07, 6.45) is 13.1. The van der Waals surface area contributed by atoms with Crippen molar-refractivity contribution in [2.75, 3.05) is 19.7 Å². The number of halogens is 2. The Kier molecular flexibility index (Phi) is 6.50. The Labute approximate surface area is 195 Å². The molecule has 1 amide bonds. The van der Waals surface area contributed by atoms with Gasteiger partial charge in [-0.1, -0.05) is 12.8 Å². The average Bonchev–Trinajstić information content (AvgIpc) is 3.46. The maximum atomic E-state index is 13.3. The maximum Gasteiger partial charge on any atom is 0.255 e. The molecule has 3 aliphatic heterocycles. The van der Waals surface area contributed by atoms with Gasteiger partial charge in [-0.15, -0.1) is 24.8 Å². The van der Waals surface area contributed by atoms with Crippen molar-refractivity contribution in [2.45, 2.75) is 75.1 Å². The van der Waals surface area contributed by atoms with Crippen LogP contribution in [0.5, 0.6) is 0 Å². The molecule has 4 aliphatic rings. The van der Waals surface area contributed by atoms with Gasteiger partial charge in [-0.3, -0.25) is 4.79 Å². The van der Waals surface area contributed by atoms with E-state index >= 15 is 0 Å². The van der Waals surface area contributed by atoms with E-state index in [1.54, 1.807) is 6.20 Å². The molecular weight excluding hydrogens is 437 g/mol. The summed E-state index contributed by atoms with van der Waals surface area (Å²) >= 11 is 0. The highest BCUT2D eigenvalue weighted by molar-refractivity contribution is 5.96. The number of nitrogens with one attached hydrogen (secondary N) is 1. The van der Waals surface area contributed by atoms with Crippen molar-refractivity contribution in [2.24, 2.45) is 0 Å². The normalized spacial score (nSPS) is 30.4. The Hall–Kier alpha value is -1.41. The van der Waals surface area contributed by atoms with Crippen LogP contribution in [0.1, 0.15) is 67.8 Å². The molecule has 4 fully saturated rings. The van der Waals surface area contributed by atoms with Gasteiger partial charge in [0, 0.05) is 30.9 Å². The summed E-state index contributed by atoms with van der Waals surface area (Å²) in [4.78, 5) is 24.5. The van der Waals surface area contributed by atoms with Crippen molar-refractivity contribution in [3.05, 3.63) is 24.2 Å². The van der Waals surface area contributed by atoms with Crippen LogP contribution >= 0.6 is 24.8 Å². The van der Waals surface area contributed by atoms with E-state index in [1.807, 2.05) is 17.3 Å². The topological polar surface area (TPSA) is 72.3 Å². The minimum Gasteiger partial charge on any atom is -0.371 e. The lowest BCUT2D eigenvalue weighted by molar-refractivity contribution is -0.122. The number of ether oxygens (including phenoxy) is 1. The van der Waals surface area contributed by atoms with Crippen molar-refractivity contribution in [1.29, 1.82) is 0 Å². The van der Waals surface area contributed by atoms with E-state index in [-0.39, 0.29) is 36.3 Å². The van der Waals surface area contributed by atoms with Crippen LogP contribution in [0.2, 0.25) is 0 Å². The SMILES string of the molecule is Cl.Cl.O=C(c1cnc2c(c1)ncn2C1CCCC1)N1CCOC2(C[C@H]3CC[C@@H](C2)N3)C1. The summed E-state index contributed by atoms with van der Waals surface area (Å²) in [7, 11) is 0. The number of amides is 1. The third-order valence-electron chi connectivity index (χ3n) is 7.49. The Morgan fingerprint density at radius 3 is 2.58 bits per heavy atom. The van der Waals surface area contributed by atoms with Crippen LogP contribution in [0.3, 0.4) is 0 Å². The standard InChI is InChI=1S/C22H29N5O2.2ClH/c28-21(26-7-8-29-22(13-26)10-16-5-6-17(11-22)25-16)15-9-19-20(23-12-15)27(14-24-19)18-3-1-2-4-18;;/h9,12,14,16-18,25H,1-8,10-11,13H2;2*1H/t16-,17+,22?;;. The van der Waals surface area contributed by atoms with E-state index in [4.69, 9.17) is 4.74 Å². The Balaban J connectivity index is 0.00000116. The van der Waals surface area contributed by atoms with E-state index in [1.165, 1.54) is 38.5 Å². The maximum absolute atomic E-state index is 13.3. The molecule has 2 aromatic rings. The van der Waals surface area contributed by atoms with Crippen LogP contribution in [-0.2, 0) is 4.74 Å². The molecule has 31 heavy (non-hydrogen) atoms. The van der Waals surface area contributed by atoms with Gasteiger partial charge in [0.25, 0.3) is 5.91 Å². The molecular formula is C22H31Cl2N5O2. The summed E-state index contributed by atoms with van der Waals surface area (Å²) in [5.74, 6) is 0.0587. The highest BCUT2D eigenvalue weighted by atomic mass is 35.5. The van der Waals surface area contributed by atoms with Crippen LogP contribution in [-0.4, -0.2) is 62.7 Å². The van der Waals surface area contributed by atoms with E-state index in [9.17, 15) is 4.79 Å². The summed E-state index contributed by atoms with van der Waals surface area (Å²) < 4.78 is 8.47. The molecule has 1 spiro atoms. The largest absolute Gasteiger partial charge is 0.371 e. The lowest BCUT2D eigenvalue weighted by Crippen LogP contribution is -2.60. The molecule has 0 aromatic carbocycles. The molecule has 1 unspecified atom stereocenters. The van der Waals surface area contributed by atoms with Gasteiger partial charge in [0.1, 0.15) is 5.52 Å². The molecule has 3 atom stereocenters. The molecule has 2 aromatic heterocycles. The fourth-order valence-electron chi connectivity index (χ4n) is 6.14. The lowest BCUT2D eigenvalue weighted by Gasteiger charge is -2.47. The molecule has 1 N–H and O–H groups in total. The summed E-state index contributed by atoms with van der Waals surface area (Å²) in [5.41, 5.74) is 2.20. The number of pyridine rings is 1. The molecule has 5 heterocycles. The van der Waals surface area contributed by atoms with Crippen LogP contribution in [0.4, 0.5) is 0 Å². The third kappa shape index (κ3) is 4.06. The van der Waals surface area contributed by atoms with Crippen LogP contribution in [0.25, 0.3) is 11.2 Å². The molecule has 170 valence electrons. The summed E-state index contributed by atoms with van der Waals surface area (Å²) in [6, 6.07) is 3.51. The Morgan fingerprint density at radius 2 is 1.84 bits per heavy atom. The second-order valence-corrected chi connectivity index (χ2v) is 9.46. The van der Waals surface area contributed by atoms with Gasteiger partial charge in [-0.25, -0.2) is 9.97 Å². The zero-order valence-electron chi connectivity index (χ0n) is 17.7. The number of piperidine rings is 1. The van der Waals surface area contributed by atoms with E-state index in [0.717, 1.165) is 24.0 Å². The van der Waals surface area contributed by atoms with Crippen LogP contribution < -0.4 is 5.32 Å². The Morgan fingerprint density at radius 1 is 1.10 bits per heavy atom. The number of nitrogens with zero attached hydrogens (tertiary/aromatic N) is 4. The van der Waals surface area contributed by atoms with Crippen molar-refractivity contribution in [3.63, 3.8) is 0 Å². The van der Waals surface area contributed by atoms with Gasteiger partial charge in [0.2, 0.25) is 0 Å². The monoisotopic (exact) mass is 467 g/mol. The fraction of sp³-hybridized carbons (Fsp3) is 0.682. The van der Waals surface area contributed by atoms with Gasteiger partial charge < -0.3 is 19.5 Å². The minimum absolute atomic E-state index is 0. The summed E-state index contributed by atoms with van der Waals surface area (Å²) in [5, 5.41) is 3.68. The van der Waals surface area contributed by atoms with Crippen LogP contribution in [0.15, 0.2) is 18.6 Å². The molecule has 7 nitrogen and oxygen atoms in total. The molecule has 1 saturated carbocycles. The molecule has 1 aliphatic carbocycles. The van der Waals surface area contributed by atoms with E-state index in [0.29, 0.717) is 43.4 Å². The van der Waals surface area contributed by atoms with Crippen molar-refractivity contribution >= 4 is 41.9 Å². The molecule has 0 radical (unpaired) electrons. The average molecular weight is 468 g/mol. The predicted molar refractivity (Wildman–Crippen MR) is 123 cm³/mol. The highest BCUT2D eigenvalue weighted by Crippen LogP contribution is 2.39. The number of hydrogen-bond donors (Lipinski definition) is 1. The van der Waals surface area contributed by atoms with Crippen molar-refractivity contribution < 1.29 is 9.53 Å². The molecule has 2 bridgehead atoms. The zero-order chi connectivity index (χ0) is 19.4. The highest BCUT2D eigenvalue weighted by Gasteiger charge is 2.47. The molecule has 6 rings (SSSR count). The van der Waals surface area contributed by atoms with Gasteiger partial charge in [0.05, 0.1) is 30.6 Å². The number of hydrogen-bond acceptors (Lipinski definition) is 5. The first-order valence-electron chi connectivity index (χ1n) is 11.2. The number of rotatable bonds is 2. The molecule has 9 heteroatoms. The van der Waals surface area contributed by atoms with Crippen LogP contribution in [0, 0.1) is 0 Å². The number of morpholine rings is 1.